The predicted molar refractivity (Wildman–Crippen MR) is 48.5 cm³/mol. The number of Topliss-reactive ketones (excluding diaryl/α,β-unsaturated/α-hetero) is 1. The Morgan fingerprint density at radius 3 is 2.38 bits per heavy atom. The maximum atomic E-state index is 10.7. The monoisotopic (exact) mass is 180 g/mol. The molecule has 0 radical (unpaired) electrons. The third kappa shape index (κ3) is 2.87. The van der Waals surface area contributed by atoms with Crippen LogP contribution in [0.5, 0.6) is 5.75 Å². The zero-order valence-electron chi connectivity index (χ0n) is 7.40. The number of rotatable bonds is 3. The highest BCUT2D eigenvalue weighted by atomic mass is 16.3. The lowest BCUT2D eigenvalue weighted by Crippen LogP contribution is -2.19. The quantitative estimate of drug-likeness (QED) is 0.726. The van der Waals surface area contributed by atoms with Crippen molar-refractivity contribution in [2.75, 3.05) is 0 Å². The Hall–Kier alpha value is -1.35. The van der Waals surface area contributed by atoms with Crippen molar-refractivity contribution in [1.29, 1.82) is 0 Å². The molecule has 1 aromatic rings. The second kappa shape index (κ2) is 4.05. The van der Waals surface area contributed by atoms with Gasteiger partial charge in [0.05, 0.1) is 0 Å². The number of phenolic OH excluding ortho intramolecular Hbond substituents is 1. The maximum absolute atomic E-state index is 10.7. The minimum Gasteiger partial charge on any atom is -0.508 e. The van der Waals surface area contributed by atoms with E-state index in [1.165, 1.54) is 19.1 Å². The van der Waals surface area contributed by atoms with E-state index < -0.39 is 6.10 Å². The van der Waals surface area contributed by atoms with E-state index in [-0.39, 0.29) is 11.5 Å². The zero-order chi connectivity index (χ0) is 9.84. The minimum absolute atomic E-state index is 0.182. The van der Waals surface area contributed by atoms with Crippen LogP contribution in [0, 0.1) is 0 Å². The fourth-order valence-electron chi connectivity index (χ4n) is 0.999. The first-order valence-corrected chi connectivity index (χ1v) is 4.06. The molecule has 0 saturated heterocycles. The average Bonchev–Trinajstić information content (AvgIpc) is 2.08. The first-order valence-electron chi connectivity index (χ1n) is 4.06. The highest BCUT2D eigenvalue weighted by Crippen LogP contribution is 2.11. The van der Waals surface area contributed by atoms with Crippen molar-refractivity contribution < 1.29 is 15.0 Å². The van der Waals surface area contributed by atoms with E-state index in [4.69, 9.17) is 5.11 Å². The van der Waals surface area contributed by atoms with Gasteiger partial charge in [-0.05, 0) is 24.6 Å². The van der Waals surface area contributed by atoms with Crippen molar-refractivity contribution in [3.05, 3.63) is 29.8 Å². The summed E-state index contributed by atoms with van der Waals surface area (Å²) in [4.78, 5) is 10.7. The SMILES string of the molecule is CC(=O)[C@@H](O)Cc1ccc(O)cc1. The van der Waals surface area contributed by atoms with Gasteiger partial charge in [0.15, 0.2) is 5.78 Å². The van der Waals surface area contributed by atoms with Crippen molar-refractivity contribution in [3.63, 3.8) is 0 Å². The van der Waals surface area contributed by atoms with Crippen LogP contribution in [0.4, 0.5) is 0 Å². The maximum Gasteiger partial charge on any atom is 0.158 e. The van der Waals surface area contributed by atoms with Gasteiger partial charge < -0.3 is 10.2 Å². The zero-order valence-corrected chi connectivity index (χ0v) is 7.40. The fourth-order valence-corrected chi connectivity index (χ4v) is 0.999. The molecule has 70 valence electrons. The van der Waals surface area contributed by atoms with Gasteiger partial charge in [-0.15, -0.1) is 0 Å². The molecule has 0 spiro atoms. The number of carbonyl (C=O) groups excluding carboxylic acids is 1. The minimum atomic E-state index is -0.940. The van der Waals surface area contributed by atoms with Gasteiger partial charge in [-0.25, -0.2) is 0 Å². The molecule has 3 heteroatoms. The number of carbonyl (C=O) groups is 1. The second-order valence-electron chi connectivity index (χ2n) is 3.00. The van der Waals surface area contributed by atoms with E-state index in [2.05, 4.69) is 0 Å². The third-order valence-corrected chi connectivity index (χ3v) is 1.83. The van der Waals surface area contributed by atoms with Gasteiger partial charge in [-0.3, -0.25) is 4.79 Å². The van der Waals surface area contributed by atoms with E-state index in [1.807, 2.05) is 0 Å². The highest BCUT2D eigenvalue weighted by molar-refractivity contribution is 5.80. The molecule has 1 atom stereocenters. The summed E-state index contributed by atoms with van der Waals surface area (Å²) < 4.78 is 0. The number of aliphatic hydroxyl groups excluding tert-OH is 1. The van der Waals surface area contributed by atoms with Crippen molar-refractivity contribution >= 4 is 5.78 Å². The Bertz CT molecular complexity index is 290. The summed E-state index contributed by atoms with van der Waals surface area (Å²) in [5, 5.41) is 18.2. The fraction of sp³-hybridized carbons (Fsp3) is 0.300. The number of hydrogen-bond donors (Lipinski definition) is 2. The molecule has 0 aliphatic rings. The molecule has 1 aromatic carbocycles. The lowest BCUT2D eigenvalue weighted by molar-refractivity contribution is -0.124. The van der Waals surface area contributed by atoms with Crippen LogP contribution in [0.1, 0.15) is 12.5 Å². The second-order valence-corrected chi connectivity index (χ2v) is 3.00. The molecule has 0 heterocycles. The Morgan fingerprint density at radius 1 is 1.38 bits per heavy atom. The number of aromatic hydroxyl groups is 1. The summed E-state index contributed by atoms with van der Waals surface area (Å²) in [5.74, 6) is -0.0610. The van der Waals surface area contributed by atoms with Crippen LogP contribution in [0.2, 0.25) is 0 Å². The molecule has 2 N–H and O–H groups in total. The van der Waals surface area contributed by atoms with Crippen LogP contribution in [-0.4, -0.2) is 22.1 Å². The molecule has 0 aliphatic carbocycles. The number of phenols is 1. The summed E-state index contributed by atoms with van der Waals surface area (Å²) in [7, 11) is 0. The number of benzene rings is 1. The van der Waals surface area contributed by atoms with Gasteiger partial charge in [-0.1, -0.05) is 12.1 Å². The van der Waals surface area contributed by atoms with Gasteiger partial charge in [-0.2, -0.15) is 0 Å². The molecular formula is C10H12O3. The molecule has 0 amide bonds. The van der Waals surface area contributed by atoms with E-state index in [9.17, 15) is 9.90 Å². The molecule has 0 bridgehead atoms. The Labute approximate surface area is 76.6 Å². The summed E-state index contributed by atoms with van der Waals surface area (Å²) in [5.41, 5.74) is 0.834. The van der Waals surface area contributed by atoms with E-state index >= 15 is 0 Å². The molecule has 0 saturated carbocycles. The lowest BCUT2D eigenvalue weighted by Gasteiger charge is -2.06. The molecular weight excluding hydrogens is 168 g/mol. The van der Waals surface area contributed by atoms with Crippen LogP contribution >= 0.6 is 0 Å². The van der Waals surface area contributed by atoms with Crippen LogP contribution in [-0.2, 0) is 11.2 Å². The van der Waals surface area contributed by atoms with Crippen LogP contribution in [0.15, 0.2) is 24.3 Å². The molecule has 1 rings (SSSR count). The third-order valence-electron chi connectivity index (χ3n) is 1.83. The Morgan fingerprint density at radius 2 is 1.92 bits per heavy atom. The van der Waals surface area contributed by atoms with E-state index in [0.29, 0.717) is 6.42 Å². The molecule has 0 fully saturated rings. The molecule has 3 nitrogen and oxygen atoms in total. The van der Waals surface area contributed by atoms with Crippen LogP contribution in [0.25, 0.3) is 0 Å². The first kappa shape index (κ1) is 9.74. The van der Waals surface area contributed by atoms with Gasteiger partial charge in [0, 0.05) is 6.42 Å². The Balaban J connectivity index is 2.64. The number of hydrogen-bond acceptors (Lipinski definition) is 3. The van der Waals surface area contributed by atoms with E-state index in [1.54, 1.807) is 12.1 Å². The van der Waals surface area contributed by atoms with Gasteiger partial charge in [0.25, 0.3) is 0 Å². The molecule has 13 heavy (non-hydrogen) atoms. The van der Waals surface area contributed by atoms with E-state index in [0.717, 1.165) is 5.56 Å². The number of ketones is 1. The number of aliphatic hydroxyl groups is 1. The van der Waals surface area contributed by atoms with Crippen LogP contribution in [0.3, 0.4) is 0 Å². The summed E-state index contributed by atoms with van der Waals surface area (Å²) >= 11 is 0. The first-order chi connectivity index (χ1) is 6.09. The Kier molecular flexibility index (Phi) is 3.03. The normalized spacial score (nSPS) is 12.5. The highest BCUT2D eigenvalue weighted by Gasteiger charge is 2.09. The summed E-state index contributed by atoms with van der Waals surface area (Å²) in [6, 6.07) is 6.42. The molecule has 0 unspecified atom stereocenters. The summed E-state index contributed by atoms with van der Waals surface area (Å²) in [6.45, 7) is 1.35. The van der Waals surface area contributed by atoms with Gasteiger partial charge in [0.1, 0.15) is 11.9 Å². The van der Waals surface area contributed by atoms with Crippen molar-refractivity contribution in [2.45, 2.75) is 19.4 Å². The lowest BCUT2D eigenvalue weighted by atomic mass is 10.1. The smallest absolute Gasteiger partial charge is 0.158 e. The van der Waals surface area contributed by atoms with Crippen molar-refractivity contribution in [1.82, 2.24) is 0 Å². The van der Waals surface area contributed by atoms with Crippen LogP contribution < -0.4 is 0 Å². The largest absolute Gasteiger partial charge is 0.508 e. The average molecular weight is 180 g/mol. The van der Waals surface area contributed by atoms with Gasteiger partial charge in [0.2, 0.25) is 0 Å². The standard InChI is InChI=1S/C10H12O3/c1-7(11)10(13)6-8-2-4-9(12)5-3-8/h2-5,10,12-13H,6H2,1H3/t10-/m0/s1. The summed E-state index contributed by atoms with van der Waals surface area (Å²) in [6.07, 6.45) is -0.639. The topological polar surface area (TPSA) is 57.5 Å². The van der Waals surface area contributed by atoms with Gasteiger partial charge >= 0.3 is 0 Å². The van der Waals surface area contributed by atoms with Crippen molar-refractivity contribution in [2.24, 2.45) is 0 Å². The molecule has 0 aromatic heterocycles. The predicted octanol–water partition coefficient (Wildman–Crippen LogP) is 0.885. The van der Waals surface area contributed by atoms with Crippen molar-refractivity contribution in [3.8, 4) is 5.75 Å². The molecule has 0 aliphatic heterocycles.